The average molecular weight is 377 g/mol. The second-order valence-corrected chi connectivity index (χ2v) is 7.55. The number of phenolic OH excluding ortho intramolecular Hbond substituents is 1. The number of para-hydroxylation sites is 1. The number of aryl methyl sites for hydroxylation is 1. The van der Waals surface area contributed by atoms with Crippen molar-refractivity contribution in [2.75, 3.05) is 20.2 Å². The van der Waals surface area contributed by atoms with Crippen molar-refractivity contribution in [2.24, 2.45) is 0 Å². The van der Waals surface area contributed by atoms with E-state index in [1.54, 1.807) is 13.2 Å². The molecule has 2 N–H and O–H groups in total. The first-order chi connectivity index (χ1) is 13.7. The third kappa shape index (κ3) is 3.62. The van der Waals surface area contributed by atoms with Gasteiger partial charge in [-0.3, -0.25) is 10.00 Å². The average Bonchev–Trinajstić information content (AvgIpc) is 3.20. The molecule has 0 aliphatic carbocycles. The second-order valence-electron chi connectivity index (χ2n) is 7.55. The highest BCUT2D eigenvalue weighted by atomic mass is 16.5. The van der Waals surface area contributed by atoms with Crippen LogP contribution in [0.15, 0.2) is 48.7 Å². The molecule has 0 saturated carbocycles. The summed E-state index contributed by atoms with van der Waals surface area (Å²) in [6.07, 6.45) is 4.22. The highest BCUT2D eigenvalue weighted by molar-refractivity contribution is 5.69. The summed E-state index contributed by atoms with van der Waals surface area (Å²) in [7, 11) is 1.58. The molecular formula is C23H27N3O2. The topological polar surface area (TPSA) is 61.4 Å². The molecule has 5 heteroatoms. The summed E-state index contributed by atoms with van der Waals surface area (Å²) < 4.78 is 5.25. The van der Waals surface area contributed by atoms with Crippen LogP contribution < -0.4 is 4.74 Å². The maximum atomic E-state index is 10.4. The lowest BCUT2D eigenvalue weighted by molar-refractivity contribution is 0.196. The molecular weight excluding hydrogens is 350 g/mol. The molecule has 0 unspecified atom stereocenters. The Balaban J connectivity index is 1.54. The predicted molar refractivity (Wildman–Crippen MR) is 111 cm³/mol. The highest BCUT2D eigenvalue weighted by Crippen LogP contribution is 2.36. The summed E-state index contributed by atoms with van der Waals surface area (Å²) in [5.74, 6) is 1.18. The monoisotopic (exact) mass is 377 g/mol. The quantitative estimate of drug-likeness (QED) is 0.688. The maximum absolute atomic E-state index is 10.4. The Morgan fingerprint density at radius 2 is 2.04 bits per heavy atom. The van der Waals surface area contributed by atoms with Gasteiger partial charge in [0.15, 0.2) is 11.5 Å². The van der Waals surface area contributed by atoms with E-state index in [1.807, 2.05) is 18.3 Å². The van der Waals surface area contributed by atoms with Crippen LogP contribution in [-0.4, -0.2) is 40.4 Å². The van der Waals surface area contributed by atoms with Gasteiger partial charge in [0.05, 0.1) is 13.3 Å². The number of likely N-dealkylation sites (tertiary alicyclic amines) is 1. The van der Waals surface area contributed by atoms with E-state index in [9.17, 15) is 5.11 Å². The van der Waals surface area contributed by atoms with Crippen LogP contribution in [0.3, 0.4) is 0 Å². The molecule has 4 rings (SSSR count). The van der Waals surface area contributed by atoms with Crippen LogP contribution in [0.1, 0.15) is 35.6 Å². The van der Waals surface area contributed by atoms with Gasteiger partial charge in [0, 0.05) is 35.8 Å². The first-order valence-electron chi connectivity index (χ1n) is 9.84. The van der Waals surface area contributed by atoms with Crippen LogP contribution >= 0.6 is 0 Å². The Morgan fingerprint density at radius 1 is 1.18 bits per heavy atom. The lowest BCUT2D eigenvalue weighted by atomic mass is 9.89. The van der Waals surface area contributed by atoms with Gasteiger partial charge in [-0.25, -0.2) is 0 Å². The van der Waals surface area contributed by atoms with Crippen molar-refractivity contribution in [1.29, 1.82) is 0 Å². The fourth-order valence-electron chi connectivity index (χ4n) is 4.23. The predicted octanol–water partition coefficient (Wildman–Crippen LogP) is 4.48. The number of methoxy groups -OCH3 is 1. The number of nitrogens with one attached hydrogen (secondary N) is 1. The molecule has 28 heavy (non-hydrogen) atoms. The largest absolute Gasteiger partial charge is 0.504 e. The van der Waals surface area contributed by atoms with E-state index < -0.39 is 0 Å². The zero-order valence-corrected chi connectivity index (χ0v) is 16.5. The minimum atomic E-state index is 0.245. The van der Waals surface area contributed by atoms with Crippen LogP contribution in [0.5, 0.6) is 11.5 Å². The van der Waals surface area contributed by atoms with Gasteiger partial charge in [-0.2, -0.15) is 5.10 Å². The number of aromatic amines is 1. The Bertz CT molecular complexity index is 951. The minimum absolute atomic E-state index is 0.245. The Labute approximate surface area is 166 Å². The van der Waals surface area contributed by atoms with Crippen molar-refractivity contribution in [3.8, 4) is 22.6 Å². The molecule has 0 spiro atoms. The van der Waals surface area contributed by atoms with E-state index in [4.69, 9.17) is 4.74 Å². The van der Waals surface area contributed by atoms with E-state index in [2.05, 4.69) is 46.3 Å². The Morgan fingerprint density at radius 3 is 2.86 bits per heavy atom. The third-order valence-corrected chi connectivity index (χ3v) is 5.71. The lowest BCUT2D eigenvalue weighted by Crippen LogP contribution is -2.34. The summed E-state index contributed by atoms with van der Waals surface area (Å²) in [4.78, 5) is 2.41. The second kappa shape index (κ2) is 8.07. The number of H-pyrrole nitrogens is 1. The van der Waals surface area contributed by atoms with E-state index in [-0.39, 0.29) is 5.75 Å². The summed E-state index contributed by atoms with van der Waals surface area (Å²) in [6, 6.07) is 14.1. The highest BCUT2D eigenvalue weighted by Gasteiger charge is 2.26. The van der Waals surface area contributed by atoms with Gasteiger partial charge in [0.1, 0.15) is 0 Å². The van der Waals surface area contributed by atoms with E-state index >= 15 is 0 Å². The number of nitrogens with zero attached hydrogens (tertiary/aromatic N) is 2. The molecule has 1 fully saturated rings. The number of phenols is 1. The molecule has 1 atom stereocenters. The first kappa shape index (κ1) is 18.6. The molecule has 0 bridgehead atoms. The zero-order chi connectivity index (χ0) is 19.5. The van der Waals surface area contributed by atoms with Gasteiger partial charge in [-0.05, 0) is 43.5 Å². The maximum Gasteiger partial charge on any atom is 0.162 e. The fourth-order valence-corrected chi connectivity index (χ4v) is 4.23. The van der Waals surface area contributed by atoms with E-state index in [1.165, 1.54) is 22.4 Å². The molecule has 2 heterocycles. The SMILES string of the molecule is COc1cccc(CN2CCC[C@H](c3[nH]ncc3-c3ccccc3C)C2)c1O. The number of piperidine rings is 1. The standard InChI is InChI=1S/C23H27N3O2/c1-16-7-3-4-10-19(16)20-13-24-25-22(20)17-9-6-12-26(14-17)15-18-8-5-11-21(28-2)23(18)27/h3-5,7-8,10-11,13,17,27H,6,9,12,14-15H2,1-2H3,(H,24,25)/t17-/m0/s1. The molecule has 1 saturated heterocycles. The smallest absolute Gasteiger partial charge is 0.162 e. The molecule has 1 aromatic heterocycles. The number of aromatic nitrogens is 2. The van der Waals surface area contributed by atoms with Crippen LogP contribution in [0.4, 0.5) is 0 Å². The third-order valence-electron chi connectivity index (χ3n) is 5.71. The lowest BCUT2D eigenvalue weighted by Gasteiger charge is -2.33. The Hall–Kier alpha value is -2.79. The number of aromatic hydroxyl groups is 1. The summed E-state index contributed by atoms with van der Waals surface area (Å²) in [5.41, 5.74) is 5.83. The molecule has 1 aliphatic heterocycles. The van der Waals surface area contributed by atoms with Crippen LogP contribution in [0.25, 0.3) is 11.1 Å². The molecule has 3 aromatic rings. The van der Waals surface area contributed by atoms with Gasteiger partial charge in [0.25, 0.3) is 0 Å². The Kier molecular flexibility index (Phi) is 5.35. The van der Waals surface area contributed by atoms with Gasteiger partial charge >= 0.3 is 0 Å². The zero-order valence-electron chi connectivity index (χ0n) is 16.5. The van der Waals surface area contributed by atoms with Gasteiger partial charge < -0.3 is 9.84 Å². The van der Waals surface area contributed by atoms with Crippen molar-refractivity contribution in [2.45, 2.75) is 32.2 Å². The first-order valence-corrected chi connectivity index (χ1v) is 9.84. The van der Waals surface area contributed by atoms with E-state index in [0.29, 0.717) is 18.2 Å². The van der Waals surface area contributed by atoms with Crippen LogP contribution in [0, 0.1) is 6.92 Å². The molecule has 0 radical (unpaired) electrons. The van der Waals surface area contributed by atoms with Crippen LogP contribution in [-0.2, 0) is 6.54 Å². The van der Waals surface area contributed by atoms with Crippen molar-refractivity contribution in [3.05, 3.63) is 65.5 Å². The molecule has 146 valence electrons. The molecule has 1 aliphatic rings. The number of rotatable bonds is 5. The summed E-state index contributed by atoms with van der Waals surface area (Å²) in [5, 5.41) is 18.1. The number of ether oxygens (including phenoxy) is 1. The van der Waals surface area contributed by atoms with Crippen molar-refractivity contribution in [1.82, 2.24) is 15.1 Å². The normalized spacial score (nSPS) is 17.6. The summed E-state index contributed by atoms with van der Waals surface area (Å²) >= 11 is 0. The van der Waals surface area contributed by atoms with Crippen LogP contribution in [0.2, 0.25) is 0 Å². The van der Waals surface area contributed by atoms with Gasteiger partial charge in [-0.15, -0.1) is 0 Å². The van der Waals surface area contributed by atoms with Crippen molar-refractivity contribution in [3.63, 3.8) is 0 Å². The van der Waals surface area contributed by atoms with Crippen molar-refractivity contribution < 1.29 is 9.84 Å². The molecule has 5 nitrogen and oxygen atoms in total. The number of benzene rings is 2. The fraction of sp³-hybridized carbons (Fsp3) is 0.348. The van der Waals surface area contributed by atoms with E-state index in [0.717, 1.165) is 31.5 Å². The molecule has 0 amide bonds. The van der Waals surface area contributed by atoms with Crippen molar-refractivity contribution >= 4 is 0 Å². The van der Waals surface area contributed by atoms with Gasteiger partial charge in [0.2, 0.25) is 0 Å². The minimum Gasteiger partial charge on any atom is -0.504 e. The van der Waals surface area contributed by atoms with Gasteiger partial charge in [-0.1, -0.05) is 36.4 Å². The molecule has 2 aromatic carbocycles. The number of hydrogen-bond donors (Lipinski definition) is 2. The summed E-state index contributed by atoms with van der Waals surface area (Å²) in [6.45, 7) is 4.83. The number of hydrogen-bond acceptors (Lipinski definition) is 4.